The molecule has 0 bridgehead atoms. The van der Waals surface area contributed by atoms with Gasteiger partial charge in [0, 0.05) is 31.6 Å². The van der Waals surface area contributed by atoms with E-state index in [0.717, 1.165) is 24.8 Å². The second-order valence-electron chi connectivity index (χ2n) is 7.12. The van der Waals surface area contributed by atoms with Crippen LogP contribution in [0, 0.1) is 5.82 Å². The minimum Gasteiger partial charge on any atom is -0.341 e. The van der Waals surface area contributed by atoms with Crippen LogP contribution in [0.3, 0.4) is 0 Å². The fourth-order valence-electron chi connectivity index (χ4n) is 3.72. The number of aromatic nitrogens is 3. The summed E-state index contributed by atoms with van der Waals surface area (Å²) in [7, 11) is 0. The highest BCUT2D eigenvalue weighted by Crippen LogP contribution is 2.24. The molecule has 0 unspecified atom stereocenters. The molecule has 7 nitrogen and oxygen atoms in total. The summed E-state index contributed by atoms with van der Waals surface area (Å²) >= 11 is 0. The summed E-state index contributed by atoms with van der Waals surface area (Å²) in [5.74, 6) is -0.178. The van der Waals surface area contributed by atoms with Crippen LogP contribution < -0.4 is 0 Å². The lowest BCUT2D eigenvalue weighted by Crippen LogP contribution is -2.44. The molecule has 2 fully saturated rings. The van der Waals surface area contributed by atoms with Gasteiger partial charge in [0.15, 0.2) is 0 Å². The van der Waals surface area contributed by atoms with Gasteiger partial charge in [-0.1, -0.05) is 5.21 Å². The predicted octanol–water partition coefficient (Wildman–Crippen LogP) is 1.87. The molecule has 0 radical (unpaired) electrons. The van der Waals surface area contributed by atoms with Crippen LogP contribution in [-0.2, 0) is 9.59 Å². The maximum atomic E-state index is 13.1. The quantitative estimate of drug-likeness (QED) is 0.823. The zero-order valence-corrected chi connectivity index (χ0v) is 15.1. The van der Waals surface area contributed by atoms with E-state index in [1.165, 1.54) is 12.1 Å². The highest BCUT2D eigenvalue weighted by molar-refractivity contribution is 5.85. The van der Waals surface area contributed by atoms with Crippen LogP contribution in [0.25, 0.3) is 11.3 Å². The van der Waals surface area contributed by atoms with E-state index < -0.39 is 0 Å². The summed E-state index contributed by atoms with van der Waals surface area (Å²) in [6.07, 6.45) is 4.87. The molecule has 27 heavy (non-hydrogen) atoms. The largest absolute Gasteiger partial charge is 0.341 e. The van der Waals surface area contributed by atoms with Crippen molar-refractivity contribution < 1.29 is 14.0 Å². The van der Waals surface area contributed by atoms with Gasteiger partial charge in [-0.25, -0.2) is 9.07 Å². The van der Waals surface area contributed by atoms with Crippen LogP contribution in [0.1, 0.15) is 31.7 Å². The molecule has 2 aromatic rings. The van der Waals surface area contributed by atoms with E-state index in [1.54, 1.807) is 17.0 Å². The molecule has 0 spiro atoms. The first-order valence-electron chi connectivity index (χ1n) is 9.33. The molecule has 2 saturated heterocycles. The van der Waals surface area contributed by atoms with Gasteiger partial charge in [0.2, 0.25) is 11.8 Å². The molecule has 2 amide bonds. The Bertz CT molecular complexity index is 827. The third-order valence-corrected chi connectivity index (χ3v) is 5.34. The fraction of sp³-hybridized carbons (Fsp3) is 0.474. The molecule has 142 valence electrons. The van der Waals surface area contributed by atoms with Gasteiger partial charge in [-0.3, -0.25) is 9.59 Å². The number of likely N-dealkylation sites (tertiary alicyclic amines) is 2. The number of hydrogen-bond acceptors (Lipinski definition) is 4. The Morgan fingerprint density at radius 2 is 1.89 bits per heavy atom. The molecular weight excluding hydrogens is 349 g/mol. The number of halogens is 1. The summed E-state index contributed by atoms with van der Waals surface area (Å²) in [4.78, 5) is 27.6. The Morgan fingerprint density at radius 1 is 1.15 bits per heavy atom. The molecule has 0 atom stereocenters. The van der Waals surface area contributed by atoms with Crippen LogP contribution in [-0.4, -0.2) is 62.8 Å². The number of piperidine rings is 1. The minimum absolute atomic E-state index is 0.0225. The van der Waals surface area contributed by atoms with Crippen LogP contribution in [0.5, 0.6) is 0 Å². The van der Waals surface area contributed by atoms with Crippen molar-refractivity contribution in [3.63, 3.8) is 0 Å². The van der Waals surface area contributed by atoms with Gasteiger partial charge >= 0.3 is 0 Å². The van der Waals surface area contributed by atoms with E-state index in [-0.39, 0.29) is 30.2 Å². The van der Waals surface area contributed by atoms with Crippen LogP contribution in [0.4, 0.5) is 4.39 Å². The molecule has 3 heterocycles. The zero-order valence-electron chi connectivity index (χ0n) is 15.1. The van der Waals surface area contributed by atoms with Gasteiger partial charge < -0.3 is 9.80 Å². The number of hydrogen-bond donors (Lipinski definition) is 0. The fourth-order valence-corrected chi connectivity index (χ4v) is 3.72. The van der Waals surface area contributed by atoms with E-state index in [4.69, 9.17) is 0 Å². The number of nitrogens with zero attached hydrogens (tertiary/aromatic N) is 5. The molecule has 1 aromatic heterocycles. The Hall–Kier alpha value is -2.77. The molecule has 0 aliphatic carbocycles. The maximum Gasteiger partial charge on any atom is 0.242 e. The average molecular weight is 371 g/mol. The first-order chi connectivity index (χ1) is 13.1. The third-order valence-electron chi connectivity index (χ3n) is 5.34. The summed E-state index contributed by atoms with van der Waals surface area (Å²) in [6.45, 7) is 2.18. The number of rotatable bonds is 4. The predicted molar refractivity (Wildman–Crippen MR) is 96.1 cm³/mol. The molecule has 1 aromatic carbocycles. The van der Waals surface area contributed by atoms with Crippen molar-refractivity contribution in [3.05, 3.63) is 36.3 Å². The van der Waals surface area contributed by atoms with Gasteiger partial charge in [0.05, 0.1) is 18.8 Å². The highest BCUT2D eigenvalue weighted by atomic mass is 19.1. The maximum absolute atomic E-state index is 13.1. The van der Waals surface area contributed by atoms with E-state index in [1.807, 2.05) is 15.8 Å². The first-order valence-corrected chi connectivity index (χ1v) is 9.33. The number of carbonyl (C=O) groups excluding carboxylic acids is 2. The Morgan fingerprint density at radius 3 is 2.56 bits per heavy atom. The van der Waals surface area contributed by atoms with E-state index in [2.05, 4.69) is 10.3 Å². The Balaban J connectivity index is 1.33. The van der Waals surface area contributed by atoms with Gasteiger partial charge in [-0.15, -0.1) is 5.10 Å². The topological polar surface area (TPSA) is 71.3 Å². The van der Waals surface area contributed by atoms with Crippen LogP contribution >= 0.6 is 0 Å². The molecule has 2 aliphatic heterocycles. The number of benzene rings is 1. The van der Waals surface area contributed by atoms with Crippen molar-refractivity contribution in [2.75, 3.05) is 26.2 Å². The SMILES string of the molecule is O=C(CN1CCCC1=O)N1CCC(n2cc(-c3ccc(F)cc3)nn2)CC1. The first kappa shape index (κ1) is 17.6. The van der Waals surface area contributed by atoms with Crippen molar-refractivity contribution in [3.8, 4) is 11.3 Å². The monoisotopic (exact) mass is 371 g/mol. The molecule has 0 saturated carbocycles. The lowest BCUT2D eigenvalue weighted by molar-refractivity contribution is -0.139. The summed E-state index contributed by atoms with van der Waals surface area (Å²) in [5.41, 5.74) is 1.53. The van der Waals surface area contributed by atoms with Gasteiger partial charge in [-0.05, 0) is 43.5 Å². The van der Waals surface area contributed by atoms with E-state index in [0.29, 0.717) is 31.7 Å². The Kier molecular flexibility index (Phi) is 4.87. The van der Waals surface area contributed by atoms with Crippen molar-refractivity contribution in [1.29, 1.82) is 0 Å². The summed E-state index contributed by atoms with van der Waals surface area (Å²) < 4.78 is 14.9. The lowest BCUT2D eigenvalue weighted by Gasteiger charge is -2.32. The molecule has 8 heteroatoms. The molecular formula is C19H22FN5O2. The second-order valence-corrected chi connectivity index (χ2v) is 7.12. The smallest absolute Gasteiger partial charge is 0.242 e. The molecule has 4 rings (SSSR count). The third kappa shape index (κ3) is 3.84. The molecule has 0 N–H and O–H groups in total. The van der Waals surface area contributed by atoms with Crippen LogP contribution in [0.2, 0.25) is 0 Å². The zero-order chi connectivity index (χ0) is 18.8. The van der Waals surface area contributed by atoms with Gasteiger partial charge in [0.25, 0.3) is 0 Å². The van der Waals surface area contributed by atoms with Crippen molar-refractivity contribution in [2.24, 2.45) is 0 Å². The summed E-state index contributed by atoms with van der Waals surface area (Å²) in [5, 5.41) is 8.41. The summed E-state index contributed by atoms with van der Waals surface area (Å²) in [6, 6.07) is 6.37. The highest BCUT2D eigenvalue weighted by Gasteiger charge is 2.28. The number of amides is 2. The normalized spacial score (nSPS) is 18.3. The van der Waals surface area contributed by atoms with E-state index >= 15 is 0 Å². The van der Waals surface area contributed by atoms with Crippen LogP contribution in [0.15, 0.2) is 30.5 Å². The van der Waals surface area contributed by atoms with Crippen molar-refractivity contribution >= 4 is 11.8 Å². The molecule has 2 aliphatic rings. The van der Waals surface area contributed by atoms with Crippen molar-refractivity contribution in [1.82, 2.24) is 24.8 Å². The van der Waals surface area contributed by atoms with Gasteiger partial charge in [-0.2, -0.15) is 0 Å². The van der Waals surface area contributed by atoms with Crippen molar-refractivity contribution in [2.45, 2.75) is 31.7 Å². The van der Waals surface area contributed by atoms with Gasteiger partial charge in [0.1, 0.15) is 11.5 Å². The van der Waals surface area contributed by atoms with E-state index in [9.17, 15) is 14.0 Å². The minimum atomic E-state index is -0.279. The second kappa shape index (κ2) is 7.46. The average Bonchev–Trinajstić information content (AvgIpc) is 3.32. The number of carbonyl (C=O) groups is 2. The lowest BCUT2D eigenvalue weighted by atomic mass is 10.1. The Labute approximate surface area is 156 Å². The standard InChI is InChI=1S/C19H22FN5O2/c20-15-5-3-14(4-6-15)17-12-25(22-21-17)16-7-10-23(11-8-16)19(27)13-24-9-1-2-18(24)26/h3-6,12,16H,1-2,7-11,13H2.